The molecule has 3 rings (SSSR count). The topological polar surface area (TPSA) is 43.8 Å². The van der Waals surface area contributed by atoms with Gasteiger partial charge in [0.15, 0.2) is 0 Å². The number of benzene rings is 1. The molecule has 2 aliphatic heterocycles. The van der Waals surface area contributed by atoms with E-state index in [0.717, 1.165) is 50.9 Å². The maximum absolute atomic E-state index is 12.8. The van der Waals surface area contributed by atoms with Crippen LogP contribution in [0.3, 0.4) is 0 Å². The van der Waals surface area contributed by atoms with Crippen molar-refractivity contribution >= 4 is 11.6 Å². The number of carbonyl (C=O) groups is 1. The summed E-state index contributed by atoms with van der Waals surface area (Å²) in [5, 5.41) is 9.62. The van der Waals surface area contributed by atoms with Crippen molar-refractivity contribution in [3.63, 3.8) is 0 Å². The molecule has 1 fully saturated rings. The minimum atomic E-state index is -0.295. The molecule has 1 aromatic rings. The maximum atomic E-state index is 12.8. The van der Waals surface area contributed by atoms with E-state index in [1.54, 1.807) is 0 Å². The number of hydrogen-bond donors (Lipinski definition) is 1. The zero-order chi connectivity index (χ0) is 15.5. The number of anilines is 1. The number of carbonyl (C=O) groups excluding carboxylic acids is 1. The third kappa shape index (κ3) is 3.33. The fraction of sp³-hybridized carbons (Fsp3) is 0.611. The molecular formula is C18H26N2O2. The Labute approximate surface area is 132 Å². The van der Waals surface area contributed by atoms with Crippen molar-refractivity contribution in [2.75, 3.05) is 24.5 Å². The molecule has 1 aromatic carbocycles. The smallest absolute Gasteiger partial charge is 0.241 e. The van der Waals surface area contributed by atoms with E-state index in [1.807, 2.05) is 24.0 Å². The predicted octanol–water partition coefficient (Wildman–Crippen LogP) is 2.20. The summed E-state index contributed by atoms with van der Waals surface area (Å²) in [5.74, 6) is 0.199. The lowest BCUT2D eigenvalue weighted by atomic mass is 10.0. The lowest BCUT2D eigenvalue weighted by molar-refractivity contribution is -0.120. The normalized spacial score (nSPS) is 23.4. The van der Waals surface area contributed by atoms with Crippen molar-refractivity contribution in [3.8, 4) is 0 Å². The van der Waals surface area contributed by atoms with Gasteiger partial charge < -0.3 is 10.0 Å². The van der Waals surface area contributed by atoms with Crippen molar-refractivity contribution in [2.45, 2.75) is 51.2 Å². The number of aliphatic hydroxyl groups excluding tert-OH is 1. The van der Waals surface area contributed by atoms with Gasteiger partial charge in [0.25, 0.3) is 0 Å². The highest BCUT2D eigenvalue weighted by Gasteiger charge is 2.30. The maximum Gasteiger partial charge on any atom is 0.241 e. The van der Waals surface area contributed by atoms with Gasteiger partial charge >= 0.3 is 0 Å². The van der Waals surface area contributed by atoms with Crippen LogP contribution in [0.15, 0.2) is 24.3 Å². The summed E-state index contributed by atoms with van der Waals surface area (Å²) in [4.78, 5) is 17.0. The van der Waals surface area contributed by atoms with E-state index in [4.69, 9.17) is 0 Å². The molecule has 0 aliphatic carbocycles. The highest BCUT2D eigenvalue weighted by Crippen LogP contribution is 2.28. The molecule has 120 valence electrons. The number of amides is 1. The fourth-order valence-electron chi connectivity index (χ4n) is 3.82. The third-order valence-corrected chi connectivity index (χ3v) is 4.86. The summed E-state index contributed by atoms with van der Waals surface area (Å²) in [5.41, 5.74) is 2.37. The van der Waals surface area contributed by atoms with Crippen LogP contribution in [0.1, 0.15) is 38.2 Å². The third-order valence-electron chi connectivity index (χ3n) is 4.86. The van der Waals surface area contributed by atoms with Gasteiger partial charge in [0, 0.05) is 18.3 Å². The van der Waals surface area contributed by atoms with Crippen molar-refractivity contribution in [1.29, 1.82) is 0 Å². The molecule has 2 unspecified atom stereocenters. The number of likely N-dealkylation sites (tertiary alicyclic amines) is 1. The summed E-state index contributed by atoms with van der Waals surface area (Å²) in [6.07, 6.45) is 4.80. The van der Waals surface area contributed by atoms with Crippen LogP contribution in [0.25, 0.3) is 0 Å². The average Bonchev–Trinajstić information content (AvgIpc) is 2.93. The van der Waals surface area contributed by atoms with E-state index in [1.165, 1.54) is 5.56 Å². The molecule has 1 saturated heterocycles. The first kappa shape index (κ1) is 15.5. The first-order valence-electron chi connectivity index (χ1n) is 8.45. The lowest BCUT2D eigenvalue weighted by Gasteiger charge is -2.32. The van der Waals surface area contributed by atoms with Crippen molar-refractivity contribution in [2.24, 2.45) is 0 Å². The second kappa shape index (κ2) is 6.80. The number of hydrogen-bond acceptors (Lipinski definition) is 3. The van der Waals surface area contributed by atoms with E-state index < -0.39 is 0 Å². The Hall–Kier alpha value is -1.39. The molecule has 1 N–H and O–H groups in total. The summed E-state index contributed by atoms with van der Waals surface area (Å²) in [6.45, 7) is 4.11. The first-order chi connectivity index (χ1) is 10.6. The van der Waals surface area contributed by atoms with Gasteiger partial charge in [-0.15, -0.1) is 0 Å². The highest BCUT2D eigenvalue weighted by molar-refractivity contribution is 5.96. The molecule has 0 saturated carbocycles. The Balaban J connectivity index is 1.68. The molecule has 0 aromatic heterocycles. The number of para-hydroxylation sites is 1. The van der Waals surface area contributed by atoms with Crippen LogP contribution in [0, 0.1) is 0 Å². The van der Waals surface area contributed by atoms with Gasteiger partial charge in [0.2, 0.25) is 5.91 Å². The van der Waals surface area contributed by atoms with Gasteiger partial charge in [-0.3, -0.25) is 9.69 Å². The Morgan fingerprint density at radius 3 is 2.95 bits per heavy atom. The van der Waals surface area contributed by atoms with Gasteiger partial charge in [-0.1, -0.05) is 18.2 Å². The van der Waals surface area contributed by atoms with Crippen LogP contribution < -0.4 is 4.90 Å². The minimum absolute atomic E-state index is 0.199. The number of fused-ring (bicyclic) bond motifs is 1. The summed E-state index contributed by atoms with van der Waals surface area (Å²) >= 11 is 0. The van der Waals surface area contributed by atoms with Crippen LogP contribution in [-0.4, -0.2) is 47.7 Å². The largest absolute Gasteiger partial charge is 0.393 e. The highest BCUT2D eigenvalue weighted by atomic mass is 16.3. The molecule has 4 heteroatoms. The zero-order valence-electron chi connectivity index (χ0n) is 13.4. The molecule has 4 nitrogen and oxygen atoms in total. The summed E-state index contributed by atoms with van der Waals surface area (Å²) < 4.78 is 0. The minimum Gasteiger partial charge on any atom is -0.393 e. The summed E-state index contributed by atoms with van der Waals surface area (Å²) in [7, 11) is 0. The molecule has 2 atom stereocenters. The summed E-state index contributed by atoms with van der Waals surface area (Å²) in [6, 6.07) is 8.59. The molecule has 0 spiro atoms. The number of aryl methyl sites for hydroxylation is 1. The van der Waals surface area contributed by atoms with Crippen LogP contribution >= 0.6 is 0 Å². The Bertz CT molecular complexity index is 530. The number of nitrogens with zero attached hydrogens (tertiary/aromatic N) is 2. The van der Waals surface area contributed by atoms with E-state index in [9.17, 15) is 9.90 Å². The molecule has 22 heavy (non-hydrogen) atoms. The molecular weight excluding hydrogens is 276 g/mol. The monoisotopic (exact) mass is 302 g/mol. The van der Waals surface area contributed by atoms with E-state index >= 15 is 0 Å². The zero-order valence-corrected chi connectivity index (χ0v) is 13.4. The van der Waals surface area contributed by atoms with E-state index in [0.29, 0.717) is 12.6 Å². The lowest BCUT2D eigenvalue weighted by Crippen LogP contribution is -2.44. The Morgan fingerprint density at radius 2 is 2.14 bits per heavy atom. The predicted molar refractivity (Wildman–Crippen MR) is 88.0 cm³/mol. The van der Waals surface area contributed by atoms with Gasteiger partial charge in [0.1, 0.15) is 0 Å². The van der Waals surface area contributed by atoms with Crippen LogP contribution in [0.5, 0.6) is 0 Å². The van der Waals surface area contributed by atoms with Gasteiger partial charge in [0.05, 0.1) is 12.6 Å². The quantitative estimate of drug-likeness (QED) is 0.927. The van der Waals surface area contributed by atoms with E-state index in [-0.39, 0.29) is 12.0 Å². The van der Waals surface area contributed by atoms with Gasteiger partial charge in [-0.05, 0) is 57.2 Å². The second-order valence-corrected chi connectivity index (χ2v) is 6.63. The molecule has 2 aliphatic rings. The Morgan fingerprint density at radius 1 is 1.32 bits per heavy atom. The Kier molecular flexibility index (Phi) is 4.79. The van der Waals surface area contributed by atoms with Crippen molar-refractivity contribution in [1.82, 2.24) is 4.90 Å². The number of aliphatic hydroxyl groups is 1. The molecule has 1 amide bonds. The van der Waals surface area contributed by atoms with Crippen molar-refractivity contribution < 1.29 is 9.90 Å². The van der Waals surface area contributed by atoms with E-state index in [2.05, 4.69) is 17.0 Å². The molecule has 0 radical (unpaired) electrons. The van der Waals surface area contributed by atoms with Crippen LogP contribution in [0.2, 0.25) is 0 Å². The average molecular weight is 302 g/mol. The van der Waals surface area contributed by atoms with Crippen LogP contribution in [0.4, 0.5) is 5.69 Å². The molecule has 2 heterocycles. The second-order valence-electron chi connectivity index (χ2n) is 6.63. The van der Waals surface area contributed by atoms with Crippen molar-refractivity contribution in [3.05, 3.63) is 29.8 Å². The standard InChI is InChI=1S/C18H26N2O2/c1-14(21)12-16-8-5-10-19(16)13-18(22)20-11-4-7-15-6-2-3-9-17(15)20/h2-3,6,9,14,16,21H,4-5,7-8,10-13H2,1H3. The first-order valence-corrected chi connectivity index (χ1v) is 8.45. The number of rotatable bonds is 4. The van der Waals surface area contributed by atoms with Gasteiger partial charge in [-0.25, -0.2) is 0 Å². The van der Waals surface area contributed by atoms with Crippen LogP contribution in [-0.2, 0) is 11.2 Å². The SMILES string of the molecule is CC(O)CC1CCCN1CC(=O)N1CCCc2ccccc21. The molecule has 0 bridgehead atoms. The fourth-order valence-corrected chi connectivity index (χ4v) is 3.82. The van der Waals surface area contributed by atoms with Gasteiger partial charge in [-0.2, -0.15) is 0 Å².